The molecule has 4 heteroatoms. The summed E-state index contributed by atoms with van der Waals surface area (Å²) in [7, 11) is 0. The van der Waals surface area contributed by atoms with Crippen LogP contribution in [0.5, 0.6) is 0 Å². The molecule has 1 saturated heterocycles. The van der Waals surface area contributed by atoms with Gasteiger partial charge in [-0.25, -0.2) is 0 Å². The normalized spacial score (nSPS) is 29.1. The van der Waals surface area contributed by atoms with Gasteiger partial charge in [0, 0.05) is 4.86 Å². The van der Waals surface area contributed by atoms with Gasteiger partial charge in [0.2, 0.25) is 5.12 Å². The van der Waals surface area contributed by atoms with E-state index in [0.29, 0.717) is 4.86 Å². The molecule has 1 aliphatic heterocycles. The van der Waals surface area contributed by atoms with Crippen LogP contribution >= 0.6 is 24.0 Å². The first-order valence-electron chi connectivity index (χ1n) is 3.21. The van der Waals surface area contributed by atoms with Gasteiger partial charge < -0.3 is 4.79 Å². The van der Waals surface area contributed by atoms with Crippen molar-refractivity contribution < 1.29 is 9.59 Å². The summed E-state index contributed by atoms with van der Waals surface area (Å²) in [6.07, 6.45) is 0.736. The Morgan fingerprint density at radius 3 is 2.36 bits per heavy atom. The Morgan fingerprint density at radius 2 is 2.18 bits per heavy atom. The van der Waals surface area contributed by atoms with Gasteiger partial charge >= 0.3 is 0 Å². The quantitative estimate of drug-likeness (QED) is 0.458. The van der Waals surface area contributed by atoms with Crippen molar-refractivity contribution in [2.24, 2.45) is 5.41 Å². The SMILES string of the molecule is CC1(C)C(=O)SC(C=O)C1=S. The largest absolute Gasteiger partial charge is 0.302 e. The Bertz CT molecular complexity index is 233. The van der Waals surface area contributed by atoms with E-state index < -0.39 is 10.7 Å². The molecule has 0 aliphatic carbocycles. The Labute approximate surface area is 74.7 Å². The van der Waals surface area contributed by atoms with E-state index in [-0.39, 0.29) is 5.12 Å². The Morgan fingerprint density at radius 1 is 1.64 bits per heavy atom. The molecular formula is C7H8O2S2. The van der Waals surface area contributed by atoms with Crippen molar-refractivity contribution in [2.45, 2.75) is 19.1 Å². The predicted molar refractivity (Wildman–Crippen MR) is 48.8 cm³/mol. The van der Waals surface area contributed by atoms with Gasteiger partial charge in [0.1, 0.15) is 6.29 Å². The van der Waals surface area contributed by atoms with Crippen molar-refractivity contribution in [1.29, 1.82) is 0 Å². The van der Waals surface area contributed by atoms with Gasteiger partial charge in [-0.1, -0.05) is 24.0 Å². The average molecular weight is 188 g/mol. The van der Waals surface area contributed by atoms with Gasteiger partial charge in [0.05, 0.1) is 10.7 Å². The van der Waals surface area contributed by atoms with Crippen LogP contribution in [-0.2, 0) is 9.59 Å². The van der Waals surface area contributed by atoms with Crippen LogP contribution in [0.2, 0.25) is 0 Å². The number of carbonyl (C=O) groups is 2. The molecule has 1 atom stereocenters. The highest BCUT2D eigenvalue weighted by Gasteiger charge is 2.45. The van der Waals surface area contributed by atoms with Gasteiger partial charge in [-0.05, 0) is 13.8 Å². The summed E-state index contributed by atoms with van der Waals surface area (Å²) in [4.78, 5) is 22.1. The number of thioether (sulfide) groups is 1. The van der Waals surface area contributed by atoms with Crippen LogP contribution in [0.1, 0.15) is 13.8 Å². The number of hydrogen-bond donors (Lipinski definition) is 0. The fraction of sp³-hybridized carbons (Fsp3) is 0.571. The average Bonchev–Trinajstić information content (AvgIpc) is 2.14. The van der Waals surface area contributed by atoms with Crippen molar-refractivity contribution in [3.05, 3.63) is 0 Å². The number of hydrogen-bond acceptors (Lipinski definition) is 4. The summed E-state index contributed by atoms with van der Waals surface area (Å²) in [5, 5.41) is -0.396. The molecule has 1 unspecified atom stereocenters. The van der Waals surface area contributed by atoms with E-state index in [1.54, 1.807) is 13.8 Å². The highest BCUT2D eigenvalue weighted by molar-refractivity contribution is 8.17. The third kappa shape index (κ3) is 1.25. The van der Waals surface area contributed by atoms with E-state index in [1.807, 2.05) is 0 Å². The monoisotopic (exact) mass is 188 g/mol. The minimum absolute atomic E-state index is 0.000370. The number of carbonyl (C=O) groups excluding carboxylic acids is 2. The summed E-state index contributed by atoms with van der Waals surface area (Å²) in [6.45, 7) is 3.52. The fourth-order valence-electron chi connectivity index (χ4n) is 0.862. The van der Waals surface area contributed by atoms with Gasteiger partial charge in [-0.2, -0.15) is 0 Å². The van der Waals surface area contributed by atoms with Crippen LogP contribution in [0, 0.1) is 5.41 Å². The van der Waals surface area contributed by atoms with Gasteiger partial charge in [-0.15, -0.1) is 0 Å². The summed E-state index contributed by atoms with van der Waals surface area (Å²) >= 11 is 6.01. The van der Waals surface area contributed by atoms with Crippen molar-refractivity contribution in [1.82, 2.24) is 0 Å². The molecule has 0 N–H and O–H groups in total. The zero-order valence-electron chi connectivity index (χ0n) is 6.29. The van der Waals surface area contributed by atoms with Gasteiger partial charge in [-0.3, -0.25) is 4.79 Å². The lowest BCUT2D eigenvalue weighted by molar-refractivity contribution is -0.115. The standard InChI is InChI=1S/C7H8O2S2/c1-7(2)5(10)4(3-8)11-6(7)9/h3-4H,1-2H3. The molecule has 1 aliphatic rings. The van der Waals surface area contributed by atoms with E-state index in [0.717, 1.165) is 18.0 Å². The molecule has 60 valence electrons. The second kappa shape index (κ2) is 2.68. The molecule has 1 fully saturated rings. The molecule has 0 spiro atoms. The van der Waals surface area contributed by atoms with Gasteiger partial charge in [0.15, 0.2) is 0 Å². The first kappa shape index (κ1) is 8.87. The summed E-state index contributed by atoms with van der Waals surface area (Å²) in [5.74, 6) is 0. The van der Waals surface area contributed by atoms with Crippen molar-refractivity contribution in [3.8, 4) is 0 Å². The first-order valence-corrected chi connectivity index (χ1v) is 4.49. The topological polar surface area (TPSA) is 34.1 Å². The zero-order valence-corrected chi connectivity index (χ0v) is 7.92. The van der Waals surface area contributed by atoms with E-state index in [2.05, 4.69) is 0 Å². The third-order valence-corrected chi connectivity index (χ3v) is 3.98. The Hall–Kier alpha value is -0.220. The molecule has 0 aromatic carbocycles. The first-order chi connectivity index (χ1) is 5.00. The molecule has 2 nitrogen and oxygen atoms in total. The minimum atomic E-state index is -0.592. The number of thiocarbonyl (C=S) groups is 1. The van der Waals surface area contributed by atoms with Crippen molar-refractivity contribution in [3.63, 3.8) is 0 Å². The van der Waals surface area contributed by atoms with Crippen LogP contribution in [0.3, 0.4) is 0 Å². The minimum Gasteiger partial charge on any atom is -0.302 e. The Balaban J connectivity index is 2.97. The van der Waals surface area contributed by atoms with E-state index in [9.17, 15) is 9.59 Å². The van der Waals surface area contributed by atoms with Crippen LogP contribution in [0.25, 0.3) is 0 Å². The molecule has 11 heavy (non-hydrogen) atoms. The molecule has 1 heterocycles. The van der Waals surface area contributed by atoms with E-state index in [4.69, 9.17) is 12.2 Å². The van der Waals surface area contributed by atoms with Crippen LogP contribution in [0.15, 0.2) is 0 Å². The number of aldehydes is 1. The molecule has 0 amide bonds. The summed E-state index contributed by atoms with van der Waals surface area (Å²) in [5.41, 5.74) is -0.592. The van der Waals surface area contributed by atoms with Gasteiger partial charge in [0.25, 0.3) is 0 Å². The molecule has 0 saturated carbocycles. The zero-order chi connectivity index (χ0) is 8.65. The molecule has 0 aromatic rings. The molecular weight excluding hydrogens is 180 g/mol. The highest BCUT2D eigenvalue weighted by atomic mass is 32.2. The molecule has 0 bridgehead atoms. The maximum absolute atomic E-state index is 11.2. The predicted octanol–water partition coefficient (Wildman–Crippen LogP) is 1.22. The Kier molecular flexibility index (Phi) is 2.16. The van der Waals surface area contributed by atoms with Crippen LogP contribution in [0.4, 0.5) is 0 Å². The fourth-order valence-corrected chi connectivity index (χ4v) is 2.31. The summed E-state index contributed by atoms with van der Waals surface area (Å²) < 4.78 is 0. The molecule has 1 rings (SSSR count). The summed E-state index contributed by atoms with van der Waals surface area (Å²) in [6, 6.07) is 0. The lowest BCUT2D eigenvalue weighted by atomic mass is 9.90. The van der Waals surface area contributed by atoms with E-state index >= 15 is 0 Å². The van der Waals surface area contributed by atoms with E-state index in [1.165, 1.54) is 0 Å². The second-order valence-corrected chi connectivity index (χ2v) is 4.51. The van der Waals surface area contributed by atoms with Crippen molar-refractivity contribution >= 4 is 40.2 Å². The number of rotatable bonds is 1. The van der Waals surface area contributed by atoms with Crippen LogP contribution < -0.4 is 0 Å². The lowest BCUT2D eigenvalue weighted by Gasteiger charge is -2.13. The molecule has 0 radical (unpaired) electrons. The smallest absolute Gasteiger partial charge is 0.200 e. The maximum Gasteiger partial charge on any atom is 0.200 e. The molecule has 0 aromatic heterocycles. The van der Waals surface area contributed by atoms with Crippen molar-refractivity contribution in [2.75, 3.05) is 0 Å². The lowest BCUT2D eigenvalue weighted by Crippen LogP contribution is -2.27. The third-order valence-electron chi connectivity index (χ3n) is 1.74. The van der Waals surface area contributed by atoms with Crippen LogP contribution in [-0.4, -0.2) is 21.5 Å². The highest BCUT2D eigenvalue weighted by Crippen LogP contribution is 2.38. The maximum atomic E-state index is 11.2. The second-order valence-electron chi connectivity index (χ2n) is 2.95.